The molecule has 1 aliphatic rings. The topological polar surface area (TPSA) is 52.0 Å². The van der Waals surface area contributed by atoms with Crippen molar-refractivity contribution < 1.29 is 4.74 Å². The van der Waals surface area contributed by atoms with Gasteiger partial charge in [0, 0.05) is 18.5 Å². The smallest absolute Gasteiger partial charge is 0.215 e. The zero-order valence-corrected chi connectivity index (χ0v) is 10.8. The molecule has 0 saturated carbocycles. The Morgan fingerprint density at radius 1 is 1.32 bits per heavy atom. The van der Waals surface area contributed by atoms with E-state index in [9.17, 15) is 0 Å². The number of ether oxygens (including phenoxy) is 1. The van der Waals surface area contributed by atoms with Crippen molar-refractivity contribution in [1.29, 1.82) is 0 Å². The van der Waals surface area contributed by atoms with Crippen molar-refractivity contribution in [3.63, 3.8) is 0 Å². The van der Waals surface area contributed by atoms with E-state index in [-0.39, 0.29) is 0 Å². The van der Waals surface area contributed by atoms with Crippen molar-refractivity contribution in [2.75, 3.05) is 19.7 Å². The Balaban J connectivity index is 1.63. The normalized spacial score (nSPS) is 16.4. The molecule has 2 aromatic rings. The summed E-state index contributed by atoms with van der Waals surface area (Å²) in [5, 5.41) is 3.36. The second kappa shape index (κ2) is 5.84. The van der Waals surface area contributed by atoms with Gasteiger partial charge < -0.3 is 10.1 Å². The number of hydrogen-bond acceptors (Lipinski definition) is 4. The predicted molar refractivity (Wildman–Crippen MR) is 72.4 cm³/mol. The van der Waals surface area contributed by atoms with Crippen LogP contribution in [0.2, 0.25) is 0 Å². The number of pyridine rings is 1. The van der Waals surface area contributed by atoms with Crippen molar-refractivity contribution in [2.45, 2.75) is 12.8 Å². The van der Waals surface area contributed by atoms with Gasteiger partial charge in [0.1, 0.15) is 12.1 Å². The Kier molecular flexibility index (Phi) is 3.74. The fourth-order valence-electron chi connectivity index (χ4n) is 2.27. The maximum Gasteiger partial charge on any atom is 0.215 e. The second-order valence-corrected chi connectivity index (χ2v) is 4.81. The molecule has 0 radical (unpaired) electrons. The van der Waals surface area contributed by atoms with Crippen LogP contribution in [0, 0.1) is 5.92 Å². The van der Waals surface area contributed by atoms with Gasteiger partial charge in [0.2, 0.25) is 5.88 Å². The highest BCUT2D eigenvalue weighted by Crippen LogP contribution is 2.15. The minimum atomic E-state index is 0.639. The lowest BCUT2D eigenvalue weighted by Crippen LogP contribution is -2.30. The lowest BCUT2D eigenvalue weighted by Gasteiger charge is -2.22. The van der Waals surface area contributed by atoms with Crippen molar-refractivity contribution >= 4 is 0 Å². The fraction of sp³-hybridized carbons (Fsp3) is 0.429. The summed E-state index contributed by atoms with van der Waals surface area (Å²) in [6.07, 6.45) is 7.71. The molecule has 1 saturated heterocycles. The van der Waals surface area contributed by atoms with Crippen LogP contribution in [0.25, 0.3) is 5.82 Å². The average Bonchev–Trinajstić information content (AvgIpc) is 3.01. The molecule has 0 aliphatic carbocycles. The first-order valence-electron chi connectivity index (χ1n) is 6.71. The summed E-state index contributed by atoms with van der Waals surface area (Å²) < 4.78 is 7.68. The third kappa shape index (κ3) is 3.12. The number of nitrogens with one attached hydrogen (secondary N) is 1. The summed E-state index contributed by atoms with van der Waals surface area (Å²) in [5.41, 5.74) is 0. The van der Waals surface area contributed by atoms with Crippen molar-refractivity contribution in [3.05, 3.63) is 36.9 Å². The van der Waals surface area contributed by atoms with E-state index in [2.05, 4.69) is 15.3 Å². The van der Waals surface area contributed by atoms with Crippen LogP contribution in [0.15, 0.2) is 36.9 Å². The third-order valence-electron chi connectivity index (χ3n) is 3.40. The molecule has 3 rings (SSSR count). The highest BCUT2D eigenvalue weighted by Gasteiger charge is 2.13. The first kappa shape index (κ1) is 12.2. The molecule has 0 amide bonds. The molecule has 0 bridgehead atoms. The first-order chi connectivity index (χ1) is 9.42. The van der Waals surface area contributed by atoms with Crippen LogP contribution < -0.4 is 10.1 Å². The van der Waals surface area contributed by atoms with Gasteiger partial charge in [-0.3, -0.25) is 4.57 Å². The number of nitrogens with zero attached hydrogens (tertiary/aromatic N) is 3. The quantitative estimate of drug-likeness (QED) is 0.906. The van der Waals surface area contributed by atoms with Crippen LogP contribution in [0.3, 0.4) is 0 Å². The van der Waals surface area contributed by atoms with Crippen LogP contribution in [-0.4, -0.2) is 34.2 Å². The molecule has 100 valence electrons. The summed E-state index contributed by atoms with van der Waals surface area (Å²) in [7, 11) is 0. The minimum Gasteiger partial charge on any atom is -0.477 e. The SMILES string of the molecule is c1cc(OCC2CCNCC2)nc(-n2ccnc2)c1. The molecule has 1 N–H and O–H groups in total. The average molecular weight is 258 g/mol. The zero-order valence-electron chi connectivity index (χ0n) is 10.8. The summed E-state index contributed by atoms with van der Waals surface area (Å²) in [6.45, 7) is 2.94. The Bertz CT molecular complexity index is 506. The van der Waals surface area contributed by atoms with E-state index in [1.165, 1.54) is 12.8 Å². The molecule has 0 aromatic carbocycles. The van der Waals surface area contributed by atoms with Crippen LogP contribution in [0.5, 0.6) is 5.88 Å². The van der Waals surface area contributed by atoms with Crippen molar-refractivity contribution in [3.8, 4) is 11.7 Å². The molecule has 5 nitrogen and oxygen atoms in total. The van der Waals surface area contributed by atoms with Gasteiger partial charge in [-0.15, -0.1) is 0 Å². The molecule has 0 spiro atoms. The number of aromatic nitrogens is 3. The minimum absolute atomic E-state index is 0.639. The number of hydrogen-bond donors (Lipinski definition) is 1. The number of rotatable bonds is 4. The van der Waals surface area contributed by atoms with E-state index in [1.807, 2.05) is 29.0 Å². The maximum atomic E-state index is 5.81. The lowest BCUT2D eigenvalue weighted by atomic mass is 9.99. The number of imidazole rings is 1. The Hall–Kier alpha value is -1.88. The van der Waals surface area contributed by atoms with Gasteiger partial charge in [-0.2, -0.15) is 4.98 Å². The molecule has 5 heteroatoms. The van der Waals surface area contributed by atoms with Crippen molar-refractivity contribution in [1.82, 2.24) is 19.9 Å². The van der Waals surface area contributed by atoms with E-state index in [0.29, 0.717) is 11.8 Å². The molecular weight excluding hydrogens is 240 g/mol. The van der Waals surface area contributed by atoms with Gasteiger partial charge in [0.25, 0.3) is 0 Å². The van der Waals surface area contributed by atoms with Crippen molar-refractivity contribution in [2.24, 2.45) is 5.92 Å². The second-order valence-electron chi connectivity index (χ2n) is 4.81. The van der Waals surface area contributed by atoms with E-state index in [4.69, 9.17) is 4.74 Å². The van der Waals surface area contributed by atoms with E-state index in [0.717, 1.165) is 25.5 Å². The van der Waals surface area contributed by atoms with Gasteiger partial charge in [-0.05, 0) is 37.9 Å². The molecular formula is C14H18N4O. The highest BCUT2D eigenvalue weighted by molar-refractivity contribution is 5.27. The van der Waals surface area contributed by atoms with Gasteiger partial charge in [0.15, 0.2) is 0 Å². The van der Waals surface area contributed by atoms with E-state index < -0.39 is 0 Å². The number of piperidine rings is 1. The third-order valence-corrected chi connectivity index (χ3v) is 3.40. The van der Waals surface area contributed by atoms with E-state index >= 15 is 0 Å². The molecule has 0 atom stereocenters. The standard InChI is InChI=1S/C14H18N4O/c1-2-13(18-9-8-16-11-18)17-14(3-1)19-10-12-4-6-15-7-5-12/h1-3,8-9,11-12,15H,4-7,10H2. The lowest BCUT2D eigenvalue weighted by molar-refractivity contribution is 0.209. The monoisotopic (exact) mass is 258 g/mol. The van der Waals surface area contributed by atoms with Crippen LogP contribution in [0.4, 0.5) is 0 Å². The van der Waals surface area contributed by atoms with Gasteiger partial charge in [-0.1, -0.05) is 6.07 Å². The Labute approximate surface area is 112 Å². The Morgan fingerprint density at radius 2 is 2.21 bits per heavy atom. The molecule has 3 heterocycles. The molecule has 2 aromatic heterocycles. The van der Waals surface area contributed by atoms with Gasteiger partial charge in [-0.25, -0.2) is 4.98 Å². The summed E-state index contributed by atoms with van der Waals surface area (Å²) >= 11 is 0. The predicted octanol–water partition coefficient (Wildman–Crippen LogP) is 1.65. The molecule has 0 unspecified atom stereocenters. The largest absolute Gasteiger partial charge is 0.477 e. The van der Waals surface area contributed by atoms with Crippen LogP contribution >= 0.6 is 0 Å². The summed E-state index contributed by atoms with van der Waals surface area (Å²) in [6, 6.07) is 5.81. The molecule has 1 aliphatic heterocycles. The molecule has 19 heavy (non-hydrogen) atoms. The van der Waals surface area contributed by atoms with Gasteiger partial charge >= 0.3 is 0 Å². The fourth-order valence-corrected chi connectivity index (χ4v) is 2.27. The van der Waals surface area contributed by atoms with Crippen LogP contribution in [-0.2, 0) is 0 Å². The highest BCUT2D eigenvalue weighted by atomic mass is 16.5. The summed E-state index contributed by atoms with van der Waals surface area (Å²) in [5.74, 6) is 2.16. The van der Waals surface area contributed by atoms with Gasteiger partial charge in [0.05, 0.1) is 6.61 Å². The Morgan fingerprint density at radius 3 is 3.00 bits per heavy atom. The summed E-state index contributed by atoms with van der Waals surface area (Å²) in [4.78, 5) is 8.51. The zero-order chi connectivity index (χ0) is 12.9. The van der Waals surface area contributed by atoms with Crippen LogP contribution in [0.1, 0.15) is 12.8 Å². The maximum absolute atomic E-state index is 5.81. The van der Waals surface area contributed by atoms with E-state index in [1.54, 1.807) is 12.5 Å². The molecule has 1 fully saturated rings. The first-order valence-corrected chi connectivity index (χ1v) is 6.71.